The van der Waals surface area contributed by atoms with Crippen molar-refractivity contribution in [2.45, 2.75) is 116 Å². The Bertz CT molecular complexity index is 1630. The molecule has 1 aliphatic heterocycles. The molecular formula is C40H55N5O9. The highest BCUT2D eigenvalue weighted by Gasteiger charge is 2.39. The van der Waals surface area contributed by atoms with Gasteiger partial charge in [-0.25, -0.2) is 15.0 Å². The van der Waals surface area contributed by atoms with E-state index >= 15 is 0 Å². The van der Waals surface area contributed by atoms with Gasteiger partial charge < -0.3 is 30.5 Å². The first-order valence-corrected chi connectivity index (χ1v) is 18.9. The summed E-state index contributed by atoms with van der Waals surface area (Å²) >= 11 is 0. The molecule has 1 fully saturated rings. The smallest absolute Gasteiger partial charge is 0.376 e. The van der Waals surface area contributed by atoms with Gasteiger partial charge in [-0.2, -0.15) is 0 Å². The lowest BCUT2D eigenvalue weighted by Gasteiger charge is -2.37. The van der Waals surface area contributed by atoms with Gasteiger partial charge in [0.15, 0.2) is 6.61 Å². The van der Waals surface area contributed by atoms with Gasteiger partial charge in [0.05, 0.1) is 17.8 Å². The molecule has 14 nitrogen and oxygen atoms in total. The number of Topliss-reactive ketones (excluding diaryl/α,β-unsaturated/α-hetero) is 1. The molecule has 0 aromatic heterocycles. The highest BCUT2D eigenvalue weighted by atomic mass is 16.5. The second-order valence-corrected chi connectivity index (χ2v) is 14.8. The van der Waals surface area contributed by atoms with E-state index in [1.54, 1.807) is 62.4 Å². The highest BCUT2D eigenvalue weighted by molar-refractivity contribution is 6.35. The van der Waals surface area contributed by atoms with Gasteiger partial charge in [-0.15, -0.1) is 0 Å². The number of nitrogens with zero attached hydrogens (tertiary/aromatic N) is 2. The minimum Gasteiger partial charge on any atom is -0.482 e. The molecule has 0 radical (unpaired) electrons. The Hall–Kier alpha value is -4.82. The molecule has 2 aliphatic rings. The third-order valence-electron chi connectivity index (χ3n) is 9.68. The maximum absolute atomic E-state index is 14.6. The van der Waals surface area contributed by atoms with Crippen LogP contribution in [-0.2, 0) is 46.5 Å². The number of benzene rings is 2. The summed E-state index contributed by atoms with van der Waals surface area (Å²) in [4.78, 5) is 82.8. The maximum Gasteiger partial charge on any atom is 0.376 e. The Morgan fingerprint density at radius 2 is 1.69 bits per heavy atom. The van der Waals surface area contributed by atoms with Crippen molar-refractivity contribution in [2.24, 2.45) is 17.6 Å². The van der Waals surface area contributed by atoms with Crippen molar-refractivity contribution in [3.05, 3.63) is 59.7 Å². The summed E-state index contributed by atoms with van der Waals surface area (Å²) in [6.07, 6.45) is 4.02. The van der Waals surface area contributed by atoms with E-state index < -0.39 is 53.8 Å². The maximum atomic E-state index is 14.6. The zero-order valence-electron chi connectivity index (χ0n) is 31.8. The molecule has 14 heteroatoms. The Kier molecular flexibility index (Phi) is 15.5. The van der Waals surface area contributed by atoms with Crippen LogP contribution in [0, 0.1) is 11.8 Å². The van der Waals surface area contributed by atoms with E-state index in [1.807, 2.05) is 13.8 Å². The van der Waals surface area contributed by atoms with Crippen LogP contribution in [0.1, 0.15) is 90.2 Å². The zero-order valence-corrected chi connectivity index (χ0v) is 31.8. The fraction of sp³-hybridized carbons (Fsp3) is 0.550. The standard InChI is InChI=1S/C40H55N5O9/c1-25(2)19-31(39(50)51)42-38(49)33(21-28-13-9-6-10-14-28)45(43-30(20-27-11-7-5-8-12-27)37(48)40(52)54-26(3)4)35(46)17-18-44-32-22-29(23-41)15-16-34(32)53-24-36(44)47/h6,9-10,13-16,22,25-27,30-31,33,43H,5,7-8,11-12,17-21,23-24,41H2,1-4H3,(H,42,49)(H,50,51)/t30?,31-,33-/m0/s1. The number of nitrogens with one attached hydrogen (secondary N) is 2. The highest BCUT2D eigenvalue weighted by Crippen LogP contribution is 2.33. The van der Waals surface area contributed by atoms with Crippen LogP contribution in [-0.4, -0.2) is 82.9 Å². The number of esters is 1. The number of carbonyl (C=O) groups is 6. The number of carboxylic acid groups (broad SMARTS) is 1. The van der Waals surface area contributed by atoms with E-state index in [9.17, 15) is 33.9 Å². The Balaban J connectivity index is 1.76. The third-order valence-corrected chi connectivity index (χ3v) is 9.68. The van der Waals surface area contributed by atoms with Gasteiger partial charge in [-0.1, -0.05) is 82.3 Å². The molecule has 3 atom stereocenters. The van der Waals surface area contributed by atoms with E-state index in [4.69, 9.17) is 15.2 Å². The van der Waals surface area contributed by atoms with Crippen LogP contribution in [0.3, 0.4) is 0 Å². The number of nitrogens with two attached hydrogens (primary N) is 1. The van der Waals surface area contributed by atoms with Gasteiger partial charge in [0.1, 0.15) is 17.8 Å². The lowest BCUT2D eigenvalue weighted by molar-refractivity contribution is -0.160. The predicted molar refractivity (Wildman–Crippen MR) is 201 cm³/mol. The quantitative estimate of drug-likeness (QED) is 0.0929. The molecule has 1 unspecified atom stereocenters. The third kappa shape index (κ3) is 11.8. The minimum absolute atomic E-state index is 0.0562. The number of anilines is 1. The largest absolute Gasteiger partial charge is 0.482 e. The normalized spacial score (nSPS) is 16.2. The topological polar surface area (TPSA) is 198 Å². The van der Waals surface area contributed by atoms with Crippen molar-refractivity contribution >= 4 is 41.1 Å². The molecule has 0 saturated heterocycles. The number of hydrazine groups is 1. The number of ether oxygens (including phenoxy) is 2. The van der Waals surface area contributed by atoms with Crippen LogP contribution in [0.5, 0.6) is 5.75 Å². The fourth-order valence-electron chi connectivity index (χ4n) is 6.94. The van der Waals surface area contributed by atoms with Crippen molar-refractivity contribution in [2.75, 3.05) is 18.1 Å². The van der Waals surface area contributed by atoms with Gasteiger partial charge in [-0.05, 0) is 61.8 Å². The summed E-state index contributed by atoms with van der Waals surface area (Å²) in [5, 5.41) is 13.7. The number of ketones is 1. The monoisotopic (exact) mass is 749 g/mol. The van der Waals surface area contributed by atoms with Crippen LogP contribution in [0.4, 0.5) is 5.69 Å². The Labute approximate surface area is 317 Å². The number of aliphatic carboxylic acids is 1. The Morgan fingerprint density at radius 1 is 0.981 bits per heavy atom. The number of hydrogen-bond acceptors (Lipinski definition) is 10. The van der Waals surface area contributed by atoms with E-state index in [0.29, 0.717) is 17.0 Å². The molecule has 0 bridgehead atoms. The van der Waals surface area contributed by atoms with Crippen LogP contribution in [0.15, 0.2) is 48.5 Å². The molecule has 1 saturated carbocycles. The van der Waals surface area contributed by atoms with Gasteiger partial charge in [-0.3, -0.25) is 24.2 Å². The van der Waals surface area contributed by atoms with Crippen molar-refractivity contribution in [1.29, 1.82) is 0 Å². The molecular weight excluding hydrogens is 694 g/mol. The van der Waals surface area contributed by atoms with Gasteiger partial charge in [0.2, 0.25) is 11.8 Å². The van der Waals surface area contributed by atoms with E-state index in [2.05, 4.69) is 10.7 Å². The first kappa shape index (κ1) is 41.9. The SMILES string of the molecule is CC(C)C[C@H](NC(=O)[C@H](Cc1ccccc1)N(NC(CC1CCCCC1)C(=O)C(=O)OC(C)C)C(=O)CCN1C(=O)COc2ccc(CN)cc21)C(=O)O. The van der Waals surface area contributed by atoms with Gasteiger partial charge >= 0.3 is 11.9 Å². The summed E-state index contributed by atoms with van der Waals surface area (Å²) < 4.78 is 10.9. The summed E-state index contributed by atoms with van der Waals surface area (Å²) in [6, 6.07) is 10.2. The van der Waals surface area contributed by atoms with Crippen molar-refractivity contribution in [1.82, 2.24) is 15.8 Å². The second-order valence-electron chi connectivity index (χ2n) is 14.8. The van der Waals surface area contributed by atoms with Crippen LogP contribution in [0.25, 0.3) is 0 Å². The molecule has 2 aromatic rings. The summed E-state index contributed by atoms with van der Waals surface area (Å²) in [5.41, 5.74) is 10.7. The molecule has 1 aliphatic carbocycles. The number of hydrogen-bond donors (Lipinski definition) is 4. The molecule has 294 valence electrons. The lowest BCUT2D eigenvalue weighted by atomic mass is 9.84. The average molecular weight is 750 g/mol. The molecule has 5 N–H and O–H groups in total. The molecule has 2 aromatic carbocycles. The number of rotatable bonds is 19. The minimum atomic E-state index is -1.37. The van der Waals surface area contributed by atoms with Crippen LogP contribution < -0.4 is 26.1 Å². The zero-order chi connectivity index (χ0) is 39.4. The molecule has 1 heterocycles. The molecule has 54 heavy (non-hydrogen) atoms. The first-order chi connectivity index (χ1) is 25.8. The van der Waals surface area contributed by atoms with Crippen LogP contribution >= 0.6 is 0 Å². The van der Waals surface area contributed by atoms with Gasteiger partial charge in [0.25, 0.3) is 11.7 Å². The molecule has 0 spiro atoms. The van der Waals surface area contributed by atoms with Crippen LogP contribution in [0.2, 0.25) is 0 Å². The van der Waals surface area contributed by atoms with E-state index in [0.717, 1.165) is 42.7 Å². The average Bonchev–Trinajstić information content (AvgIpc) is 3.14. The Morgan fingerprint density at radius 3 is 2.31 bits per heavy atom. The molecule has 4 rings (SSSR count). The summed E-state index contributed by atoms with van der Waals surface area (Å²) in [5.74, 6) is -4.56. The second kappa shape index (κ2) is 20.0. The first-order valence-electron chi connectivity index (χ1n) is 18.9. The van der Waals surface area contributed by atoms with Crippen molar-refractivity contribution in [3.8, 4) is 5.75 Å². The lowest BCUT2D eigenvalue weighted by Crippen LogP contribution is -2.62. The van der Waals surface area contributed by atoms with Crippen molar-refractivity contribution in [3.63, 3.8) is 0 Å². The fourth-order valence-corrected chi connectivity index (χ4v) is 6.94. The number of carbonyl (C=O) groups excluding carboxylic acids is 5. The predicted octanol–water partition coefficient (Wildman–Crippen LogP) is 3.68. The number of amides is 3. The number of carboxylic acids is 1. The van der Waals surface area contributed by atoms with E-state index in [-0.39, 0.29) is 63.1 Å². The van der Waals surface area contributed by atoms with Crippen molar-refractivity contribution < 1.29 is 43.3 Å². The number of fused-ring (bicyclic) bond motifs is 1. The molecule has 3 amide bonds. The van der Waals surface area contributed by atoms with E-state index in [1.165, 1.54) is 4.90 Å². The van der Waals surface area contributed by atoms with Gasteiger partial charge in [0, 0.05) is 25.9 Å². The summed E-state index contributed by atoms with van der Waals surface area (Å²) in [6.45, 7) is 6.78. The summed E-state index contributed by atoms with van der Waals surface area (Å²) in [7, 11) is 0.